The fourth-order valence-electron chi connectivity index (χ4n) is 4.25. The summed E-state index contributed by atoms with van der Waals surface area (Å²) in [5, 5.41) is 1.08. The van der Waals surface area contributed by atoms with Gasteiger partial charge in [-0.25, -0.2) is 4.98 Å². The Morgan fingerprint density at radius 1 is 1.06 bits per heavy atom. The minimum absolute atomic E-state index is 0.163. The standard InChI is InChI=1S/C28H28ClN3O3/c1-4-20-9-5-8-12-25(20)32-26(30-24-11-7-6-10-23(24)28(32)34)19(2)31(17-18-35-3)27(33)21-13-15-22(29)16-14-21/h5-16,19H,4,17-18H2,1-3H3. The second-order valence-electron chi connectivity index (χ2n) is 8.28. The molecule has 180 valence electrons. The summed E-state index contributed by atoms with van der Waals surface area (Å²) in [7, 11) is 1.59. The number of carbonyl (C=O) groups excluding carboxylic acids is 1. The van der Waals surface area contributed by atoms with Crippen LogP contribution in [0.4, 0.5) is 0 Å². The van der Waals surface area contributed by atoms with Crippen LogP contribution in [0.15, 0.2) is 77.6 Å². The van der Waals surface area contributed by atoms with Gasteiger partial charge >= 0.3 is 0 Å². The summed E-state index contributed by atoms with van der Waals surface area (Å²) in [4.78, 5) is 34.0. The Bertz CT molecular complexity index is 1400. The Balaban J connectivity index is 1.92. The van der Waals surface area contributed by atoms with E-state index in [-0.39, 0.29) is 11.5 Å². The number of carbonyl (C=O) groups is 1. The van der Waals surface area contributed by atoms with Crippen LogP contribution in [-0.2, 0) is 11.2 Å². The van der Waals surface area contributed by atoms with E-state index in [1.54, 1.807) is 46.9 Å². The maximum atomic E-state index is 13.8. The van der Waals surface area contributed by atoms with Gasteiger partial charge in [0.15, 0.2) is 0 Å². The largest absolute Gasteiger partial charge is 0.383 e. The lowest BCUT2D eigenvalue weighted by atomic mass is 10.1. The first-order valence-electron chi connectivity index (χ1n) is 11.6. The Morgan fingerprint density at radius 2 is 1.74 bits per heavy atom. The number of amides is 1. The smallest absolute Gasteiger partial charge is 0.266 e. The lowest BCUT2D eigenvalue weighted by Gasteiger charge is -2.31. The lowest BCUT2D eigenvalue weighted by Crippen LogP contribution is -2.39. The zero-order chi connectivity index (χ0) is 24.9. The summed E-state index contributed by atoms with van der Waals surface area (Å²) in [6, 6.07) is 21.4. The summed E-state index contributed by atoms with van der Waals surface area (Å²) in [5.41, 5.74) is 2.72. The first-order valence-corrected chi connectivity index (χ1v) is 12.0. The second kappa shape index (κ2) is 10.8. The zero-order valence-corrected chi connectivity index (χ0v) is 20.8. The van der Waals surface area contributed by atoms with E-state index in [9.17, 15) is 9.59 Å². The molecule has 0 bridgehead atoms. The molecule has 35 heavy (non-hydrogen) atoms. The van der Waals surface area contributed by atoms with Crippen molar-refractivity contribution in [3.63, 3.8) is 0 Å². The minimum atomic E-state index is -0.518. The Labute approximate surface area is 209 Å². The van der Waals surface area contributed by atoms with Crippen LogP contribution in [0, 0.1) is 0 Å². The van der Waals surface area contributed by atoms with Gasteiger partial charge in [-0.2, -0.15) is 0 Å². The van der Waals surface area contributed by atoms with Crippen LogP contribution in [0.1, 0.15) is 41.6 Å². The fraction of sp³-hybridized carbons (Fsp3) is 0.250. The average molecular weight is 490 g/mol. The van der Waals surface area contributed by atoms with E-state index in [0.29, 0.717) is 40.5 Å². The number of nitrogens with zero attached hydrogens (tertiary/aromatic N) is 3. The van der Waals surface area contributed by atoms with Crippen molar-refractivity contribution in [2.75, 3.05) is 20.3 Å². The lowest BCUT2D eigenvalue weighted by molar-refractivity contribution is 0.0605. The Kier molecular flexibility index (Phi) is 7.63. The minimum Gasteiger partial charge on any atom is -0.383 e. The van der Waals surface area contributed by atoms with Crippen LogP contribution in [0.25, 0.3) is 16.6 Å². The third-order valence-corrected chi connectivity index (χ3v) is 6.40. The summed E-state index contributed by atoms with van der Waals surface area (Å²) in [6.07, 6.45) is 0.750. The van der Waals surface area contributed by atoms with Crippen LogP contribution in [0.5, 0.6) is 0 Å². The van der Waals surface area contributed by atoms with Gasteiger partial charge in [0.25, 0.3) is 11.5 Å². The van der Waals surface area contributed by atoms with Crippen molar-refractivity contribution in [1.29, 1.82) is 0 Å². The quantitative estimate of drug-likeness (QED) is 0.330. The van der Waals surface area contributed by atoms with E-state index >= 15 is 0 Å². The third kappa shape index (κ3) is 4.99. The molecule has 0 saturated carbocycles. The van der Waals surface area contributed by atoms with Gasteiger partial charge in [-0.05, 0) is 61.4 Å². The zero-order valence-electron chi connectivity index (χ0n) is 20.1. The average Bonchev–Trinajstić information content (AvgIpc) is 2.89. The highest BCUT2D eigenvalue weighted by Crippen LogP contribution is 2.26. The number of halogens is 1. The van der Waals surface area contributed by atoms with E-state index in [1.807, 2.05) is 49.4 Å². The van der Waals surface area contributed by atoms with E-state index in [2.05, 4.69) is 6.92 Å². The molecule has 0 aliphatic heterocycles. The Hall–Kier alpha value is -3.48. The van der Waals surface area contributed by atoms with Crippen LogP contribution < -0.4 is 5.56 Å². The highest BCUT2D eigenvalue weighted by Gasteiger charge is 2.28. The van der Waals surface area contributed by atoms with Gasteiger partial charge in [0.05, 0.1) is 29.2 Å². The first-order chi connectivity index (χ1) is 17.0. The molecule has 6 nitrogen and oxygen atoms in total. The number of ether oxygens (including phenoxy) is 1. The van der Waals surface area contributed by atoms with Gasteiger partial charge in [-0.1, -0.05) is 48.9 Å². The molecule has 7 heteroatoms. The first kappa shape index (κ1) is 24.6. The second-order valence-corrected chi connectivity index (χ2v) is 8.72. The number of aryl methyl sites for hydroxylation is 1. The Morgan fingerprint density at radius 3 is 2.46 bits per heavy atom. The molecule has 0 spiro atoms. The van der Waals surface area contributed by atoms with Crippen molar-refractivity contribution in [3.05, 3.63) is 105 Å². The molecule has 0 fully saturated rings. The maximum Gasteiger partial charge on any atom is 0.266 e. The molecular formula is C28H28ClN3O3. The molecule has 1 aromatic heterocycles. The highest BCUT2D eigenvalue weighted by atomic mass is 35.5. The summed E-state index contributed by atoms with van der Waals surface area (Å²) in [5.74, 6) is 0.303. The van der Waals surface area contributed by atoms with E-state index < -0.39 is 6.04 Å². The van der Waals surface area contributed by atoms with Gasteiger partial charge in [0.1, 0.15) is 5.82 Å². The molecule has 0 radical (unpaired) electrons. The van der Waals surface area contributed by atoms with Crippen molar-refractivity contribution in [3.8, 4) is 5.69 Å². The van der Waals surface area contributed by atoms with Crippen LogP contribution >= 0.6 is 11.6 Å². The van der Waals surface area contributed by atoms with Gasteiger partial charge < -0.3 is 9.64 Å². The third-order valence-electron chi connectivity index (χ3n) is 6.14. The monoisotopic (exact) mass is 489 g/mol. The predicted octanol–water partition coefficient (Wildman–Crippen LogP) is 5.45. The van der Waals surface area contributed by atoms with Gasteiger partial charge in [-0.15, -0.1) is 0 Å². The normalized spacial score (nSPS) is 12.0. The van der Waals surface area contributed by atoms with Crippen molar-refractivity contribution >= 4 is 28.4 Å². The molecule has 4 rings (SSSR count). The van der Waals surface area contributed by atoms with Crippen molar-refractivity contribution < 1.29 is 9.53 Å². The molecule has 3 aromatic carbocycles. The van der Waals surface area contributed by atoms with Crippen molar-refractivity contribution in [1.82, 2.24) is 14.5 Å². The molecule has 4 aromatic rings. The van der Waals surface area contributed by atoms with Crippen LogP contribution in [0.3, 0.4) is 0 Å². The summed E-state index contributed by atoms with van der Waals surface area (Å²) < 4.78 is 6.96. The molecule has 1 atom stereocenters. The molecule has 1 unspecified atom stereocenters. The molecule has 0 aliphatic carbocycles. The maximum absolute atomic E-state index is 13.8. The van der Waals surface area contributed by atoms with E-state index in [0.717, 1.165) is 17.7 Å². The summed E-state index contributed by atoms with van der Waals surface area (Å²) >= 11 is 6.04. The number of methoxy groups -OCH3 is 1. The number of rotatable bonds is 8. The van der Waals surface area contributed by atoms with E-state index in [4.69, 9.17) is 21.3 Å². The SMILES string of the molecule is CCc1ccccc1-n1c(C(C)N(CCOC)C(=O)c2ccc(Cl)cc2)nc2ccccc2c1=O. The molecule has 1 amide bonds. The number of benzene rings is 3. The highest BCUT2D eigenvalue weighted by molar-refractivity contribution is 6.30. The number of fused-ring (bicyclic) bond motifs is 1. The van der Waals surface area contributed by atoms with Gasteiger partial charge in [-0.3, -0.25) is 14.2 Å². The molecule has 0 aliphatic rings. The van der Waals surface area contributed by atoms with Crippen molar-refractivity contribution in [2.24, 2.45) is 0 Å². The van der Waals surface area contributed by atoms with Crippen molar-refractivity contribution in [2.45, 2.75) is 26.3 Å². The topological polar surface area (TPSA) is 64.4 Å². The number of para-hydroxylation sites is 2. The summed E-state index contributed by atoms with van der Waals surface area (Å²) in [6.45, 7) is 4.62. The number of aromatic nitrogens is 2. The van der Waals surface area contributed by atoms with Crippen LogP contribution in [-0.4, -0.2) is 40.6 Å². The number of hydrogen-bond acceptors (Lipinski definition) is 4. The fourth-order valence-corrected chi connectivity index (χ4v) is 4.38. The molecule has 0 N–H and O–H groups in total. The van der Waals surface area contributed by atoms with Crippen LogP contribution in [0.2, 0.25) is 5.02 Å². The van der Waals surface area contributed by atoms with Gasteiger partial charge in [0, 0.05) is 24.2 Å². The van der Waals surface area contributed by atoms with E-state index in [1.165, 1.54) is 0 Å². The predicted molar refractivity (Wildman–Crippen MR) is 139 cm³/mol. The molecular weight excluding hydrogens is 462 g/mol. The number of hydrogen-bond donors (Lipinski definition) is 0. The molecule has 0 saturated heterocycles. The molecule has 1 heterocycles. The van der Waals surface area contributed by atoms with Gasteiger partial charge in [0.2, 0.25) is 0 Å².